The Hall–Kier alpha value is -3.07. The van der Waals surface area contributed by atoms with Crippen molar-refractivity contribution in [3.8, 4) is 5.75 Å². The van der Waals surface area contributed by atoms with Gasteiger partial charge in [-0.15, -0.1) is 13.2 Å². The molecule has 0 aliphatic rings. The van der Waals surface area contributed by atoms with Gasteiger partial charge in [0.05, 0.1) is 10.9 Å². The maximum absolute atomic E-state index is 13.2. The normalized spacial score (nSPS) is 12.9. The summed E-state index contributed by atoms with van der Waals surface area (Å²) < 4.78 is 45.4. The van der Waals surface area contributed by atoms with Gasteiger partial charge in [-0.05, 0) is 24.1 Å². The highest BCUT2D eigenvalue weighted by Crippen LogP contribution is 2.37. The molecular formula is C21H21F3N2O4. The first-order chi connectivity index (χ1) is 14.2. The van der Waals surface area contributed by atoms with E-state index in [2.05, 4.69) is 4.74 Å². The predicted octanol–water partition coefficient (Wildman–Crippen LogP) is 3.48. The minimum absolute atomic E-state index is 0.109. The van der Waals surface area contributed by atoms with Gasteiger partial charge in [-0.25, -0.2) is 4.79 Å². The molecule has 0 amide bonds. The number of ether oxygens (including phenoxy) is 1. The summed E-state index contributed by atoms with van der Waals surface area (Å²) in [4.78, 5) is 25.8. The second kappa shape index (κ2) is 8.35. The number of aliphatic hydroxyl groups excluding tert-OH is 1. The predicted molar refractivity (Wildman–Crippen MR) is 106 cm³/mol. The Labute approximate surface area is 169 Å². The maximum Gasteiger partial charge on any atom is 0.573 e. The van der Waals surface area contributed by atoms with Gasteiger partial charge < -0.3 is 9.84 Å². The van der Waals surface area contributed by atoms with Crippen LogP contribution in [0.25, 0.3) is 10.9 Å². The van der Waals surface area contributed by atoms with Gasteiger partial charge in [-0.2, -0.15) is 0 Å². The highest BCUT2D eigenvalue weighted by atomic mass is 19.4. The minimum atomic E-state index is -5.03. The Morgan fingerprint density at radius 3 is 2.37 bits per heavy atom. The molecule has 1 heterocycles. The number of hydrogen-bond acceptors (Lipinski definition) is 4. The third-order valence-corrected chi connectivity index (χ3v) is 4.87. The van der Waals surface area contributed by atoms with Crippen LogP contribution in [0, 0.1) is 0 Å². The van der Waals surface area contributed by atoms with Crippen molar-refractivity contribution in [3.05, 3.63) is 74.4 Å². The zero-order valence-corrected chi connectivity index (χ0v) is 16.4. The minimum Gasteiger partial charge on any atom is -0.405 e. The third kappa shape index (κ3) is 4.11. The van der Waals surface area contributed by atoms with Crippen molar-refractivity contribution in [1.82, 2.24) is 9.13 Å². The van der Waals surface area contributed by atoms with Crippen LogP contribution in [0.1, 0.15) is 37.0 Å². The topological polar surface area (TPSA) is 73.5 Å². The fourth-order valence-corrected chi connectivity index (χ4v) is 3.40. The van der Waals surface area contributed by atoms with Crippen LogP contribution >= 0.6 is 0 Å². The summed E-state index contributed by atoms with van der Waals surface area (Å²) in [6, 6.07) is 10.2. The van der Waals surface area contributed by atoms with Crippen LogP contribution in [-0.4, -0.2) is 20.6 Å². The van der Waals surface area contributed by atoms with Crippen molar-refractivity contribution >= 4 is 10.9 Å². The highest BCUT2D eigenvalue weighted by molar-refractivity contribution is 5.85. The maximum atomic E-state index is 13.2. The summed E-state index contributed by atoms with van der Waals surface area (Å²) in [6.07, 6.45) is -5.35. The third-order valence-electron chi connectivity index (χ3n) is 4.87. The molecule has 0 saturated heterocycles. The first-order valence-electron chi connectivity index (χ1n) is 9.41. The first kappa shape index (κ1) is 21.6. The van der Waals surface area contributed by atoms with Crippen LogP contribution in [0.5, 0.6) is 5.75 Å². The number of rotatable bonds is 6. The van der Waals surface area contributed by atoms with E-state index in [0.29, 0.717) is 12.8 Å². The number of halogens is 3. The van der Waals surface area contributed by atoms with E-state index in [9.17, 15) is 27.9 Å². The molecular weight excluding hydrogens is 401 g/mol. The number of hydrogen-bond donors (Lipinski definition) is 1. The number of aryl methyl sites for hydroxylation is 1. The number of fused-ring (bicyclic) bond motifs is 1. The number of aromatic nitrogens is 2. The molecule has 1 unspecified atom stereocenters. The quantitative estimate of drug-likeness (QED) is 0.660. The van der Waals surface area contributed by atoms with Gasteiger partial charge in [-0.3, -0.25) is 13.9 Å². The van der Waals surface area contributed by atoms with E-state index in [1.54, 1.807) is 18.2 Å². The zero-order valence-electron chi connectivity index (χ0n) is 16.4. The average Bonchev–Trinajstić information content (AvgIpc) is 2.71. The molecule has 0 radical (unpaired) electrons. The van der Waals surface area contributed by atoms with Crippen molar-refractivity contribution in [1.29, 1.82) is 0 Å². The molecule has 1 N–H and O–H groups in total. The standard InChI is InChI=1S/C21H21F3N2O4/c1-3-4-12-26-19(28)16-14(25(2)20(26)29)10-11-15(30-21(22,23)24)17(16)18(27)13-8-6-5-7-9-13/h5-11,18,27H,3-4,12H2,1-2H3. The lowest BCUT2D eigenvalue weighted by molar-refractivity contribution is -0.275. The SMILES string of the molecule is CCCCn1c(=O)c2c(C(O)c3ccccc3)c(OC(F)(F)F)ccc2n(C)c1=O. The molecule has 0 aliphatic carbocycles. The van der Waals surface area contributed by atoms with Crippen molar-refractivity contribution in [2.45, 2.75) is 38.8 Å². The zero-order chi connectivity index (χ0) is 22.1. The summed E-state index contributed by atoms with van der Waals surface area (Å²) in [5.41, 5.74) is -1.28. The number of alkyl halides is 3. The fourth-order valence-electron chi connectivity index (χ4n) is 3.40. The van der Waals surface area contributed by atoms with E-state index in [1.165, 1.54) is 29.8 Å². The van der Waals surface area contributed by atoms with E-state index < -0.39 is 29.5 Å². The number of aliphatic hydroxyl groups is 1. The monoisotopic (exact) mass is 422 g/mol. The first-order valence-corrected chi connectivity index (χ1v) is 9.41. The molecule has 1 atom stereocenters. The van der Waals surface area contributed by atoms with Gasteiger partial charge >= 0.3 is 12.1 Å². The average molecular weight is 422 g/mol. The van der Waals surface area contributed by atoms with Gasteiger partial charge in [0.15, 0.2) is 0 Å². The molecule has 0 bridgehead atoms. The van der Waals surface area contributed by atoms with Gasteiger partial charge in [0, 0.05) is 19.2 Å². The summed E-state index contributed by atoms with van der Waals surface area (Å²) >= 11 is 0. The molecule has 0 saturated carbocycles. The van der Waals surface area contributed by atoms with Crippen LogP contribution in [0.15, 0.2) is 52.1 Å². The number of benzene rings is 2. The molecule has 2 aromatic carbocycles. The summed E-state index contributed by atoms with van der Waals surface area (Å²) in [7, 11) is 1.43. The molecule has 160 valence electrons. The number of nitrogens with zero attached hydrogens (tertiary/aromatic N) is 2. The van der Waals surface area contributed by atoms with Gasteiger partial charge in [0.25, 0.3) is 5.56 Å². The molecule has 3 aromatic rings. The van der Waals surface area contributed by atoms with Crippen molar-refractivity contribution < 1.29 is 23.0 Å². The lowest BCUT2D eigenvalue weighted by Gasteiger charge is -2.21. The van der Waals surface area contributed by atoms with Crippen LogP contribution in [0.3, 0.4) is 0 Å². The second-order valence-corrected chi connectivity index (χ2v) is 6.88. The Kier molecular flexibility index (Phi) is 6.02. The van der Waals surface area contributed by atoms with E-state index in [-0.39, 0.29) is 28.6 Å². The number of unbranched alkanes of at least 4 members (excludes halogenated alkanes) is 1. The Morgan fingerprint density at radius 1 is 1.10 bits per heavy atom. The molecule has 6 nitrogen and oxygen atoms in total. The van der Waals surface area contributed by atoms with Crippen LogP contribution in [0.4, 0.5) is 13.2 Å². The van der Waals surface area contributed by atoms with Crippen LogP contribution in [-0.2, 0) is 13.6 Å². The Bertz CT molecular complexity index is 1170. The van der Waals surface area contributed by atoms with E-state index in [4.69, 9.17) is 0 Å². The Balaban J connectivity index is 2.40. The van der Waals surface area contributed by atoms with Crippen LogP contribution in [0.2, 0.25) is 0 Å². The second-order valence-electron chi connectivity index (χ2n) is 6.88. The summed E-state index contributed by atoms with van der Waals surface area (Å²) in [6.45, 7) is 2.00. The molecule has 0 aliphatic heterocycles. The van der Waals surface area contributed by atoms with Gasteiger partial charge in [0.2, 0.25) is 0 Å². The summed E-state index contributed by atoms with van der Waals surface area (Å²) in [5, 5.41) is 10.7. The van der Waals surface area contributed by atoms with Crippen LogP contribution < -0.4 is 16.0 Å². The van der Waals surface area contributed by atoms with Crippen molar-refractivity contribution in [3.63, 3.8) is 0 Å². The molecule has 0 spiro atoms. The van der Waals surface area contributed by atoms with E-state index in [0.717, 1.165) is 10.6 Å². The van der Waals surface area contributed by atoms with Gasteiger partial charge in [-0.1, -0.05) is 43.7 Å². The molecule has 3 rings (SSSR count). The van der Waals surface area contributed by atoms with E-state index >= 15 is 0 Å². The van der Waals surface area contributed by atoms with Gasteiger partial charge in [0.1, 0.15) is 11.9 Å². The largest absolute Gasteiger partial charge is 0.573 e. The lowest BCUT2D eigenvalue weighted by Crippen LogP contribution is -2.39. The van der Waals surface area contributed by atoms with E-state index in [1.807, 2.05) is 6.92 Å². The smallest absolute Gasteiger partial charge is 0.405 e. The summed E-state index contributed by atoms with van der Waals surface area (Å²) in [5.74, 6) is -0.691. The Morgan fingerprint density at radius 2 is 1.77 bits per heavy atom. The molecule has 30 heavy (non-hydrogen) atoms. The van der Waals surface area contributed by atoms with Crippen molar-refractivity contribution in [2.75, 3.05) is 0 Å². The fraction of sp³-hybridized carbons (Fsp3) is 0.333. The highest BCUT2D eigenvalue weighted by Gasteiger charge is 2.34. The van der Waals surface area contributed by atoms with Crippen molar-refractivity contribution in [2.24, 2.45) is 7.05 Å². The molecule has 0 fully saturated rings. The molecule has 9 heteroatoms. The lowest BCUT2D eigenvalue weighted by atomic mass is 9.97. The molecule has 1 aromatic heterocycles.